The Morgan fingerprint density at radius 1 is 0.667 bits per heavy atom. The quantitative estimate of drug-likeness (QED) is 0.273. The largest absolute Gasteiger partial charge is 3.00 e. The van der Waals surface area contributed by atoms with Crippen molar-refractivity contribution in [1.29, 1.82) is 0 Å². The number of aromatic nitrogens is 1. The molecule has 3 rings (SSSR count). The van der Waals surface area contributed by atoms with Crippen LogP contribution in [0.3, 0.4) is 0 Å². The maximum Gasteiger partial charge on any atom is 3.00 e. The number of nitrogens with zero attached hydrogens (tertiary/aromatic N) is 3. The Kier molecular flexibility index (Phi) is 15.1. The number of hydrogen-bond acceptors (Lipinski definition) is 3. The molecule has 0 aliphatic carbocycles. The maximum absolute atomic E-state index is 6.42. The van der Waals surface area contributed by atoms with E-state index in [4.69, 9.17) is 26.6 Å². The van der Waals surface area contributed by atoms with Gasteiger partial charge in [0, 0.05) is 5.02 Å². The van der Waals surface area contributed by atoms with Crippen molar-refractivity contribution in [2.45, 2.75) is 41.5 Å². The van der Waals surface area contributed by atoms with Crippen LogP contribution in [0.2, 0.25) is 5.02 Å². The third-order valence-electron chi connectivity index (χ3n) is 4.97. The fourth-order valence-corrected chi connectivity index (χ4v) is 3.49. The smallest absolute Gasteiger partial charge is 1.00 e. The fourth-order valence-electron chi connectivity index (χ4n) is 3.28. The first-order chi connectivity index (χ1) is 13.8. The van der Waals surface area contributed by atoms with Gasteiger partial charge in [-0.2, -0.15) is 0 Å². The van der Waals surface area contributed by atoms with Crippen molar-refractivity contribution in [1.82, 2.24) is 4.98 Å². The number of rotatable bonds is 4. The maximum atomic E-state index is 6.42. The van der Waals surface area contributed by atoms with Gasteiger partial charge in [-0.1, -0.05) is 48.0 Å². The zero-order chi connectivity index (χ0) is 21.1. The summed E-state index contributed by atoms with van der Waals surface area (Å²) >= 11 is 6.42. The standard InChI is InChI=1S/C25H26ClN3.3ClH.Fe/c1-15-9-7-10-16(2)24(15)27-19(5)22-13-21(26)14-23(29-22)20(6)28-25-17(3)11-8-12-18(25)4;;;;/h7-14H,1-6H3;3*1H;/q;;;;+3/p-3. The zero-order valence-corrected chi connectivity index (χ0v) is 23.5. The number of aryl methyl sites for hydroxylation is 4. The first kappa shape index (κ1) is 33.8. The molecule has 0 amide bonds. The van der Waals surface area contributed by atoms with E-state index < -0.39 is 0 Å². The topological polar surface area (TPSA) is 37.6 Å². The van der Waals surface area contributed by atoms with Gasteiger partial charge in [0.1, 0.15) is 0 Å². The van der Waals surface area contributed by atoms with E-state index in [-0.39, 0.29) is 54.3 Å². The van der Waals surface area contributed by atoms with Crippen LogP contribution in [0.15, 0.2) is 58.5 Å². The Morgan fingerprint density at radius 2 is 0.970 bits per heavy atom. The SMILES string of the molecule is CC(=Nc1c(C)cccc1C)c1cc(Cl)cc(C(C)=Nc2c(C)cccc2C)n1.[Cl-].[Cl-].[Cl-].[Fe+3]. The van der Waals surface area contributed by atoms with E-state index in [0.717, 1.165) is 56.4 Å². The molecule has 0 bridgehead atoms. The minimum atomic E-state index is 0. The molecule has 0 fully saturated rings. The number of aliphatic imine (C=N–C) groups is 2. The first-order valence-corrected chi connectivity index (χ1v) is 10.1. The normalized spacial score (nSPS) is 10.9. The summed E-state index contributed by atoms with van der Waals surface area (Å²) in [4.78, 5) is 14.5. The van der Waals surface area contributed by atoms with Crippen LogP contribution in [-0.4, -0.2) is 16.4 Å². The average molecular weight is 566 g/mol. The van der Waals surface area contributed by atoms with Crippen LogP contribution < -0.4 is 37.2 Å². The Hall–Kier alpha value is -1.39. The van der Waals surface area contributed by atoms with E-state index in [9.17, 15) is 0 Å². The summed E-state index contributed by atoms with van der Waals surface area (Å²) in [5.74, 6) is 0. The van der Waals surface area contributed by atoms with Gasteiger partial charge in [-0.3, -0.25) is 9.98 Å². The van der Waals surface area contributed by atoms with E-state index in [1.807, 2.05) is 38.1 Å². The average Bonchev–Trinajstić information content (AvgIpc) is 2.67. The Morgan fingerprint density at radius 3 is 1.27 bits per heavy atom. The number of para-hydroxylation sites is 2. The van der Waals surface area contributed by atoms with Crippen molar-refractivity contribution >= 4 is 34.4 Å². The summed E-state index contributed by atoms with van der Waals surface area (Å²) in [6.07, 6.45) is 0. The van der Waals surface area contributed by atoms with Crippen LogP contribution >= 0.6 is 11.6 Å². The minimum absolute atomic E-state index is 0. The third kappa shape index (κ3) is 8.40. The van der Waals surface area contributed by atoms with Crippen LogP contribution in [-0.2, 0) is 17.1 Å². The van der Waals surface area contributed by atoms with Crippen molar-refractivity contribution in [3.05, 3.63) is 87.2 Å². The Labute approximate surface area is 231 Å². The van der Waals surface area contributed by atoms with Crippen molar-refractivity contribution in [3.63, 3.8) is 0 Å². The van der Waals surface area contributed by atoms with Gasteiger partial charge >= 0.3 is 17.1 Å². The second-order valence-electron chi connectivity index (χ2n) is 7.43. The fraction of sp³-hybridized carbons (Fsp3) is 0.240. The van der Waals surface area contributed by atoms with Gasteiger partial charge in [0.05, 0.1) is 34.2 Å². The van der Waals surface area contributed by atoms with Crippen molar-refractivity contribution in [2.75, 3.05) is 0 Å². The van der Waals surface area contributed by atoms with Gasteiger partial charge in [-0.25, -0.2) is 4.98 Å². The zero-order valence-electron chi connectivity index (χ0n) is 19.3. The molecule has 0 aliphatic rings. The monoisotopic (exact) mass is 564 g/mol. The van der Waals surface area contributed by atoms with Crippen LogP contribution in [0, 0.1) is 27.7 Å². The minimum Gasteiger partial charge on any atom is -1.00 e. The molecule has 3 nitrogen and oxygen atoms in total. The molecule has 2 aromatic carbocycles. The van der Waals surface area contributed by atoms with E-state index in [2.05, 4.69) is 52.0 Å². The van der Waals surface area contributed by atoms with Crippen LogP contribution in [0.4, 0.5) is 11.4 Å². The Balaban J connectivity index is 0. The van der Waals surface area contributed by atoms with E-state index >= 15 is 0 Å². The van der Waals surface area contributed by atoms with Gasteiger partial charge in [0.2, 0.25) is 0 Å². The molecule has 1 radical (unpaired) electrons. The van der Waals surface area contributed by atoms with Crippen LogP contribution in [0.25, 0.3) is 0 Å². The second-order valence-corrected chi connectivity index (χ2v) is 7.87. The molecule has 0 saturated carbocycles. The summed E-state index contributed by atoms with van der Waals surface area (Å²) in [7, 11) is 0. The third-order valence-corrected chi connectivity index (χ3v) is 5.19. The summed E-state index contributed by atoms with van der Waals surface area (Å²) in [5, 5.41) is 0.622. The molecule has 0 saturated heterocycles. The predicted octanol–water partition coefficient (Wildman–Crippen LogP) is -1.74. The van der Waals surface area contributed by atoms with Gasteiger partial charge < -0.3 is 37.2 Å². The molecule has 0 N–H and O–H groups in total. The molecule has 0 spiro atoms. The molecule has 3 aromatic rings. The summed E-state index contributed by atoms with van der Waals surface area (Å²) in [6.45, 7) is 12.2. The molecule has 0 unspecified atom stereocenters. The van der Waals surface area contributed by atoms with Gasteiger partial charge in [0.25, 0.3) is 0 Å². The summed E-state index contributed by atoms with van der Waals surface area (Å²) in [6, 6.07) is 16.1. The molecule has 8 heteroatoms. The van der Waals surface area contributed by atoms with Crippen LogP contribution in [0.1, 0.15) is 47.5 Å². The number of halogens is 4. The van der Waals surface area contributed by atoms with E-state index in [1.54, 1.807) is 0 Å². The number of benzene rings is 2. The molecular weight excluding hydrogens is 540 g/mol. The van der Waals surface area contributed by atoms with Gasteiger partial charge in [0.15, 0.2) is 0 Å². The summed E-state index contributed by atoms with van der Waals surface area (Å²) in [5.41, 5.74) is 9.68. The van der Waals surface area contributed by atoms with Crippen molar-refractivity contribution in [2.24, 2.45) is 9.98 Å². The van der Waals surface area contributed by atoms with Gasteiger partial charge in [-0.05, 0) is 75.9 Å². The molecule has 177 valence electrons. The first-order valence-electron chi connectivity index (χ1n) is 9.67. The van der Waals surface area contributed by atoms with E-state index in [0.29, 0.717) is 5.02 Å². The van der Waals surface area contributed by atoms with Crippen molar-refractivity contribution < 1.29 is 54.3 Å². The second kappa shape index (κ2) is 14.8. The van der Waals surface area contributed by atoms with Crippen LogP contribution in [0.5, 0.6) is 0 Å². The molecule has 1 heterocycles. The molecule has 0 atom stereocenters. The Bertz CT molecular complexity index is 1020. The van der Waals surface area contributed by atoms with E-state index in [1.165, 1.54) is 0 Å². The van der Waals surface area contributed by atoms with Gasteiger partial charge in [-0.15, -0.1) is 0 Å². The number of pyridine rings is 1. The number of hydrogen-bond donors (Lipinski definition) is 0. The van der Waals surface area contributed by atoms with Crippen molar-refractivity contribution in [3.8, 4) is 0 Å². The summed E-state index contributed by atoms with van der Waals surface area (Å²) < 4.78 is 0. The molecule has 33 heavy (non-hydrogen) atoms. The molecular formula is C25H26Cl4FeN3. The predicted molar refractivity (Wildman–Crippen MR) is 125 cm³/mol. The molecule has 0 aliphatic heterocycles. The molecule has 1 aromatic heterocycles.